The summed E-state index contributed by atoms with van der Waals surface area (Å²) in [5.41, 5.74) is 45.4. The number of aromatic nitrogens is 3. The average Bonchev–Trinajstić information content (AvgIpc) is 1.50. The normalized spacial score (nSPS) is 14.6. The van der Waals surface area contributed by atoms with Gasteiger partial charge in [0.15, 0.2) is 0 Å². The third kappa shape index (κ3) is 14.0. The van der Waals surface area contributed by atoms with Crippen LogP contribution in [-0.2, 0) is 27.1 Å². The lowest BCUT2D eigenvalue weighted by molar-refractivity contribution is 0.494. The van der Waals surface area contributed by atoms with Gasteiger partial charge in [-0.05, 0) is 264 Å². The minimum absolute atomic E-state index is 0.0156. The number of rotatable bonds is 10. The lowest BCUT2D eigenvalue weighted by atomic mass is 9.65. The first kappa shape index (κ1) is 89.2. The molecule has 0 amide bonds. The smallest absolute Gasteiger partial charge is 0.0801 e. The molecule has 1 unspecified atom stereocenters. The Morgan fingerprint density at radius 2 is 0.649 bits per heavy atom. The van der Waals surface area contributed by atoms with E-state index in [2.05, 4.69) is 525 Å². The molecule has 0 saturated heterocycles. The summed E-state index contributed by atoms with van der Waals surface area (Å²) >= 11 is 0. The Morgan fingerprint density at radius 3 is 1.19 bits per heavy atom. The van der Waals surface area contributed by atoms with Gasteiger partial charge in [-0.3, -0.25) is 15.0 Å². The molecule has 4 heterocycles. The van der Waals surface area contributed by atoms with Gasteiger partial charge in [0.1, 0.15) is 0 Å². The minimum atomic E-state index is -0.509. The monoisotopic (exact) mass is 1900 g/mol. The van der Waals surface area contributed by atoms with E-state index in [-0.39, 0.29) is 27.6 Å². The Kier molecular flexibility index (Phi) is 21.0. The zero-order chi connectivity index (χ0) is 99.5. The van der Waals surface area contributed by atoms with Crippen molar-refractivity contribution in [3.63, 3.8) is 0 Å². The van der Waals surface area contributed by atoms with Crippen LogP contribution in [0.2, 0.25) is 0 Å². The first-order valence-electron chi connectivity index (χ1n) is 52.0. The van der Waals surface area contributed by atoms with Gasteiger partial charge in [-0.2, -0.15) is 0 Å². The number of anilines is 9. The van der Waals surface area contributed by atoms with E-state index >= 15 is 0 Å². The standard InChI is InChI=1S/C58H48N2.C50H34N2.C34H26N2/c1-56(2,3)41-25-30-46-47-31-26-42(57(4,5)6)35-51(47)58(50(46)34-41)49-19-11-10-18-45(49)48-32-29-44(36-52(48)58)60(43-27-23-38(24-28-43)37-14-8-7-9-15-37)53-20-12-16-39-21-22-40-17-13-33-59-55(40)54(39)53;1-2-13-33(14-3-1)34-28-30-37(31-29-34)52(45-24-10-15-35-26-27-36-16-12-32-51-49(36)47(35)45)46-25-11-23-44-48(46)40-19-6-9-22-43(40)50(44)41-20-7-4-17-38(41)39-18-5-8-21-42(39)50;1-34(2)27-14-6-7-15-29(27)36(30-20-19-26(22-28(30)34)23-10-4-3-5-11-23)31-16-8-12-24-17-18-25-13-9-21-35-33(25)32(24)31/h7-36H,1-6H3;1-21,23-32,43H,22H2;3-22H,1-2H3. The van der Waals surface area contributed by atoms with Crippen LogP contribution in [-0.4, -0.2) is 15.0 Å². The van der Waals surface area contributed by atoms with Crippen LogP contribution in [0.1, 0.15) is 129 Å². The van der Waals surface area contributed by atoms with Gasteiger partial charge in [0.2, 0.25) is 0 Å². The summed E-state index contributed by atoms with van der Waals surface area (Å²) in [6, 6.07) is 168. The molecule has 29 rings (SSSR count). The second kappa shape index (κ2) is 34.8. The molecule has 148 heavy (non-hydrogen) atoms. The quantitative estimate of drug-likeness (QED) is 0.127. The molecule has 3 aromatic heterocycles. The van der Waals surface area contributed by atoms with E-state index < -0.39 is 5.41 Å². The molecule has 0 saturated carbocycles. The van der Waals surface area contributed by atoms with Gasteiger partial charge in [-0.1, -0.05) is 432 Å². The van der Waals surface area contributed by atoms with Crippen LogP contribution in [0.25, 0.3) is 137 Å². The Labute approximate surface area is 865 Å². The second-order valence-corrected chi connectivity index (χ2v) is 43.1. The topological polar surface area (TPSA) is 48.4 Å². The Morgan fingerprint density at radius 1 is 0.270 bits per heavy atom. The Balaban J connectivity index is 0.000000113. The van der Waals surface area contributed by atoms with Crippen molar-refractivity contribution < 1.29 is 0 Å². The van der Waals surface area contributed by atoms with Crippen LogP contribution in [0.4, 0.5) is 51.2 Å². The highest BCUT2D eigenvalue weighted by Crippen LogP contribution is 2.69. The summed E-state index contributed by atoms with van der Waals surface area (Å²) in [7, 11) is 0. The highest BCUT2D eigenvalue weighted by Gasteiger charge is 2.58. The number of hydrogen-bond acceptors (Lipinski definition) is 6. The van der Waals surface area contributed by atoms with Gasteiger partial charge in [0.05, 0.1) is 61.5 Å². The summed E-state index contributed by atoms with van der Waals surface area (Å²) in [5.74, 6) is 0.274. The fourth-order valence-corrected chi connectivity index (χ4v) is 25.7. The average molecular weight is 1900 g/mol. The van der Waals surface area contributed by atoms with Gasteiger partial charge < -0.3 is 14.7 Å². The van der Waals surface area contributed by atoms with E-state index in [1.165, 1.54) is 172 Å². The molecule has 20 aromatic carbocycles. The Hall–Kier alpha value is -17.7. The maximum atomic E-state index is 5.02. The van der Waals surface area contributed by atoms with E-state index in [0.717, 1.165) is 89.4 Å². The molecular formula is C142H108N6. The molecule has 1 aliphatic heterocycles. The van der Waals surface area contributed by atoms with Crippen LogP contribution in [0.3, 0.4) is 0 Å². The number of nitrogens with zero attached hydrogens (tertiary/aromatic N) is 6. The van der Waals surface area contributed by atoms with Crippen LogP contribution >= 0.6 is 0 Å². The summed E-state index contributed by atoms with van der Waals surface area (Å²) in [4.78, 5) is 22.3. The molecular weight excluding hydrogens is 1790 g/mol. The van der Waals surface area contributed by atoms with E-state index in [1.807, 2.05) is 36.8 Å². The van der Waals surface area contributed by atoms with Crippen molar-refractivity contribution in [1.29, 1.82) is 0 Å². The van der Waals surface area contributed by atoms with Crippen molar-refractivity contribution in [2.45, 2.75) is 88.9 Å². The molecule has 6 aliphatic rings. The van der Waals surface area contributed by atoms with Crippen molar-refractivity contribution >= 4 is 122 Å². The predicted molar refractivity (Wildman–Crippen MR) is 621 cm³/mol. The summed E-state index contributed by atoms with van der Waals surface area (Å²) in [5, 5.41) is 10.4. The van der Waals surface area contributed by atoms with Crippen molar-refractivity contribution in [2.24, 2.45) is 5.92 Å². The summed E-state index contributed by atoms with van der Waals surface area (Å²) in [6.07, 6.45) is 13.7. The fraction of sp³-hybridized carbons (Fsp3) is 0.106. The maximum Gasteiger partial charge on any atom is 0.0801 e. The molecule has 0 radical (unpaired) electrons. The van der Waals surface area contributed by atoms with E-state index in [1.54, 1.807) is 0 Å². The van der Waals surface area contributed by atoms with Gasteiger partial charge >= 0.3 is 0 Å². The Bertz CT molecular complexity index is 9280. The molecule has 6 nitrogen and oxygen atoms in total. The van der Waals surface area contributed by atoms with Crippen molar-refractivity contribution in [1.82, 2.24) is 15.0 Å². The van der Waals surface area contributed by atoms with Crippen molar-refractivity contribution in [3.05, 3.63) is 559 Å². The summed E-state index contributed by atoms with van der Waals surface area (Å²) in [6.45, 7) is 18.7. The molecule has 23 aromatic rings. The molecule has 1 atom stereocenters. The zero-order valence-electron chi connectivity index (χ0n) is 84.2. The van der Waals surface area contributed by atoms with E-state index in [9.17, 15) is 0 Å². The van der Waals surface area contributed by atoms with Crippen LogP contribution < -0.4 is 14.7 Å². The fourth-order valence-electron chi connectivity index (χ4n) is 25.7. The lowest BCUT2D eigenvalue weighted by Crippen LogP contribution is -2.32. The van der Waals surface area contributed by atoms with Gasteiger partial charge in [0.25, 0.3) is 0 Å². The minimum Gasteiger partial charge on any atom is -0.310 e. The number of hydrogen-bond donors (Lipinski definition) is 0. The molecule has 6 heteroatoms. The van der Waals surface area contributed by atoms with Crippen LogP contribution in [0, 0.1) is 5.92 Å². The third-order valence-corrected chi connectivity index (χ3v) is 32.6. The molecule has 5 aliphatic carbocycles. The molecule has 0 N–H and O–H groups in total. The largest absolute Gasteiger partial charge is 0.310 e. The van der Waals surface area contributed by atoms with Gasteiger partial charge in [0, 0.05) is 84.9 Å². The highest BCUT2D eigenvalue weighted by atomic mass is 15.2. The number of allylic oxidation sites excluding steroid dienone is 4. The van der Waals surface area contributed by atoms with Crippen molar-refractivity contribution in [3.8, 4) is 66.8 Å². The zero-order valence-corrected chi connectivity index (χ0v) is 84.2. The van der Waals surface area contributed by atoms with Crippen LogP contribution in [0.5, 0.6) is 0 Å². The highest BCUT2D eigenvalue weighted by molar-refractivity contribution is 6.18. The van der Waals surface area contributed by atoms with Crippen molar-refractivity contribution in [2.75, 3.05) is 14.7 Å². The number of para-hydroxylation sites is 1. The third-order valence-electron chi connectivity index (χ3n) is 32.6. The number of fused-ring (bicyclic) bond motifs is 31. The number of pyridine rings is 3. The van der Waals surface area contributed by atoms with E-state index in [0.29, 0.717) is 0 Å². The molecule has 2 spiro atoms. The van der Waals surface area contributed by atoms with E-state index in [4.69, 9.17) is 15.0 Å². The molecule has 706 valence electrons. The lowest BCUT2D eigenvalue weighted by Gasteiger charge is -2.42. The molecule has 0 fully saturated rings. The van der Waals surface area contributed by atoms with Gasteiger partial charge in [-0.25, -0.2) is 0 Å². The van der Waals surface area contributed by atoms with Crippen LogP contribution in [0.15, 0.2) is 492 Å². The number of benzene rings is 20. The predicted octanol–water partition coefficient (Wildman–Crippen LogP) is 37.4. The first-order chi connectivity index (χ1) is 72.5. The SMILES string of the molecule is C1=CCC2C(=C1)c1c(N(c3ccc(-c4ccccc4)cc3)c3cccc4ccc5cccnc5c34)cccc1C21c2ccccc2-c2ccccc21.CC(C)(C)c1ccc2c(c1)C1(c3ccccc3-c3ccc(N(c4ccc(-c5ccccc5)cc4)c4cccc5ccc6cccnc6c45)cc31)c1cc(C(C)(C)C)ccc1-2.CC1(C)c2ccccc2N(c2cccc3ccc4cccnc4c23)c2ccc(-c3ccccc3)cc21. The summed E-state index contributed by atoms with van der Waals surface area (Å²) < 4.78 is 0. The maximum absolute atomic E-state index is 5.02. The van der Waals surface area contributed by atoms with Gasteiger partial charge in [-0.15, -0.1) is 0 Å². The first-order valence-corrected chi connectivity index (χ1v) is 52.0. The molecule has 0 bridgehead atoms. The second-order valence-electron chi connectivity index (χ2n) is 43.1.